The molecule has 0 aliphatic carbocycles. The molecule has 0 fully saturated rings. The molecule has 2 rings (SSSR count). The van der Waals surface area contributed by atoms with Crippen LogP contribution in [-0.4, -0.2) is 23.9 Å². The molecule has 17 heavy (non-hydrogen) atoms. The lowest BCUT2D eigenvalue weighted by molar-refractivity contribution is 0.199. The van der Waals surface area contributed by atoms with Crippen molar-refractivity contribution in [2.45, 2.75) is 6.42 Å². The number of nitrogen functional groups attached to an aromatic ring is 2. The fourth-order valence-corrected chi connectivity index (χ4v) is 1.47. The first-order valence-corrected chi connectivity index (χ1v) is 5.17. The molecule has 0 amide bonds. The summed E-state index contributed by atoms with van der Waals surface area (Å²) < 4.78 is 10.1. The molecule has 0 aliphatic rings. The summed E-state index contributed by atoms with van der Waals surface area (Å²) in [5, 5.41) is 3.84. The Morgan fingerprint density at radius 2 is 1.94 bits per heavy atom. The first-order chi connectivity index (χ1) is 8.19. The molecule has 1 aromatic carbocycles. The van der Waals surface area contributed by atoms with Crippen LogP contribution < -0.4 is 11.5 Å². The smallest absolute Gasteiger partial charge is 0.258 e. The first-order valence-electron chi connectivity index (χ1n) is 5.17. The Kier molecular flexibility index (Phi) is 3.24. The fraction of sp³-hybridized carbons (Fsp3) is 0.273. The number of benzene rings is 1. The minimum Gasteiger partial charge on any atom is -0.399 e. The molecule has 0 aliphatic heterocycles. The Morgan fingerprint density at radius 1 is 1.24 bits per heavy atom. The van der Waals surface area contributed by atoms with Gasteiger partial charge in [0.05, 0.1) is 6.61 Å². The number of rotatable bonds is 4. The summed E-state index contributed by atoms with van der Waals surface area (Å²) in [6.07, 6.45) is 0.609. The predicted octanol–water partition coefficient (Wildman–Crippen LogP) is 1.09. The van der Waals surface area contributed by atoms with Crippen LogP contribution in [0.1, 0.15) is 5.82 Å². The zero-order chi connectivity index (χ0) is 12.3. The molecule has 0 saturated heterocycles. The van der Waals surface area contributed by atoms with Crippen LogP contribution in [0.4, 0.5) is 11.4 Å². The van der Waals surface area contributed by atoms with E-state index in [-0.39, 0.29) is 0 Å². The summed E-state index contributed by atoms with van der Waals surface area (Å²) in [6.45, 7) is 0.554. The van der Waals surface area contributed by atoms with Gasteiger partial charge in [0.25, 0.3) is 5.89 Å². The second-order valence-corrected chi connectivity index (χ2v) is 3.65. The Balaban J connectivity index is 2.24. The van der Waals surface area contributed by atoms with Gasteiger partial charge in [-0.05, 0) is 18.2 Å². The molecule has 90 valence electrons. The maximum Gasteiger partial charge on any atom is 0.258 e. The third kappa shape index (κ3) is 2.73. The summed E-state index contributed by atoms with van der Waals surface area (Å²) in [7, 11) is 1.62. The molecule has 0 spiro atoms. The maximum absolute atomic E-state index is 5.69. The summed E-state index contributed by atoms with van der Waals surface area (Å²) in [5.74, 6) is 1.01. The number of aromatic nitrogens is 2. The molecule has 4 N–H and O–H groups in total. The Labute approximate surface area is 98.6 Å². The van der Waals surface area contributed by atoms with E-state index < -0.39 is 0 Å². The predicted molar refractivity (Wildman–Crippen MR) is 64.1 cm³/mol. The molecule has 1 aromatic heterocycles. The van der Waals surface area contributed by atoms with Crippen molar-refractivity contribution in [2.24, 2.45) is 0 Å². The van der Waals surface area contributed by atoms with Crippen molar-refractivity contribution in [3.63, 3.8) is 0 Å². The van der Waals surface area contributed by atoms with Crippen molar-refractivity contribution >= 4 is 11.4 Å². The molecule has 0 radical (unpaired) electrons. The Bertz CT molecular complexity index is 490. The standard InChI is InChI=1S/C11H14N4O2/c1-16-3-2-10-14-11(17-15-10)7-4-8(12)6-9(13)5-7/h4-6H,2-3,12-13H2,1H3. The summed E-state index contributed by atoms with van der Waals surface area (Å²) in [6, 6.07) is 5.15. The third-order valence-electron chi connectivity index (χ3n) is 2.22. The lowest BCUT2D eigenvalue weighted by atomic mass is 10.2. The van der Waals surface area contributed by atoms with Gasteiger partial charge in [-0.1, -0.05) is 5.16 Å². The van der Waals surface area contributed by atoms with Crippen molar-refractivity contribution in [2.75, 3.05) is 25.2 Å². The normalized spacial score (nSPS) is 10.6. The van der Waals surface area contributed by atoms with Gasteiger partial charge in [0, 0.05) is 30.5 Å². The number of nitrogens with two attached hydrogens (primary N) is 2. The van der Waals surface area contributed by atoms with Gasteiger partial charge in [-0.2, -0.15) is 4.98 Å². The van der Waals surface area contributed by atoms with E-state index in [0.29, 0.717) is 36.1 Å². The molecule has 1 heterocycles. The number of anilines is 2. The van der Waals surface area contributed by atoms with Crippen molar-refractivity contribution in [3.05, 3.63) is 24.0 Å². The molecule has 0 bridgehead atoms. The van der Waals surface area contributed by atoms with E-state index in [2.05, 4.69) is 10.1 Å². The van der Waals surface area contributed by atoms with Crippen molar-refractivity contribution in [1.82, 2.24) is 10.1 Å². The van der Waals surface area contributed by atoms with Gasteiger partial charge in [0.1, 0.15) is 0 Å². The van der Waals surface area contributed by atoms with E-state index in [0.717, 1.165) is 5.56 Å². The topological polar surface area (TPSA) is 100 Å². The first kappa shape index (κ1) is 11.4. The van der Waals surface area contributed by atoms with Crippen LogP contribution >= 0.6 is 0 Å². The highest BCUT2D eigenvalue weighted by Crippen LogP contribution is 2.23. The minimum atomic E-state index is 0.412. The molecular formula is C11H14N4O2. The number of ether oxygens (including phenoxy) is 1. The largest absolute Gasteiger partial charge is 0.399 e. The maximum atomic E-state index is 5.69. The average Bonchev–Trinajstić information content (AvgIpc) is 2.73. The number of methoxy groups -OCH3 is 1. The van der Waals surface area contributed by atoms with Crippen LogP contribution in [0.2, 0.25) is 0 Å². The second kappa shape index (κ2) is 4.84. The highest BCUT2D eigenvalue weighted by molar-refractivity contribution is 5.66. The van der Waals surface area contributed by atoms with E-state index in [1.807, 2.05) is 0 Å². The van der Waals surface area contributed by atoms with E-state index in [4.69, 9.17) is 20.7 Å². The van der Waals surface area contributed by atoms with Crippen LogP contribution in [0.25, 0.3) is 11.5 Å². The number of hydrogen-bond donors (Lipinski definition) is 2. The fourth-order valence-electron chi connectivity index (χ4n) is 1.47. The Hall–Kier alpha value is -2.08. The molecule has 0 unspecified atom stereocenters. The molecular weight excluding hydrogens is 220 g/mol. The van der Waals surface area contributed by atoms with Gasteiger partial charge in [-0.15, -0.1) is 0 Å². The third-order valence-corrected chi connectivity index (χ3v) is 2.22. The van der Waals surface area contributed by atoms with Crippen molar-refractivity contribution < 1.29 is 9.26 Å². The molecule has 6 heteroatoms. The molecule has 0 saturated carbocycles. The van der Waals surface area contributed by atoms with Gasteiger partial charge in [-0.25, -0.2) is 0 Å². The summed E-state index contributed by atoms with van der Waals surface area (Å²) >= 11 is 0. The van der Waals surface area contributed by atoms with Gasteiger partial charge in [0.2, 0.25) is 0 Å². The van der Waals surface area contributed by atoms with Crippen molar-refractivity contribution in [1.29, 1.82) is 0 Å². The minimum absolute atomic E-state index is 0.412. The van der Waals surface area contributed by atoms with Gasteiger partial charge in [-0.3, -0.25) is 0 Å². The summed E-state index contributed by atoms with van der Waals surface area (Å²) in [4.78, 5) is 4.23. The van der Waals surface area contributed by atoms with Crippen LogP contribution in [0.5, 0.6) is 0 Å². The highest BCUT2D eigenvalue weighted by atomic mass is 16.5. The van der Waals surface area contributed by atoms with Crippen LogP contribution in [-0.2, 0) is 11.2 Å². The average molecular weight is 234 g/mol. The van der Waals surface area contributed by atoms with E-state index in [1.54, 1.807) is 25.3 Å². The zero-order valence-electron chi connectivity index (χ0n) is 9.51. The molecule has 2 aromatic rings. The lowest BCUT2D eigenvalue weighted by Crippen LogP contribution is -1.96. The van der Waals surface area contributed by atoms with Crippen molar-refractivity contribution in [3.8, 4) is 11.5 Å². The van der Waals surface area contributed by atoms with Gasteiger partial charge < -0.3 is 20.7 Å². The SMILES string of the molecule is COCCc1noc(-c2cc(N)cc(N)c2)n1. The second-order valence-electron chi connectivity index (χ2n) is 3.65. The lowest BCUT2D eigenvalue weighted by Gasteiger charge is -1.99. The van der Waals surface area contributed by atoms with Crippen LogP contribution in [0, 0.1) is 0 Å². The van der Waals surface area contributed by atoms with Crippen LogP contribution in [0.15, 0.2) is 22.7 Å². The van der Waals surface area contributed by atoms with Crippen LogP contribution in [0.3, 0.4) is 0 Å². The number of nitrogens with zero attached hydrogens (tertiary/aromatic N) is 2. The molecule has 0 atom stereocenters. The van der Waals surface area contributed by atoms with Gasteiger partial charge in [0.15, 0.2) is 5.82 Å². The number of hydrogen-bond acceptors (Lipinski definition) is 6. The van der Waals surface area contributed by atoms with E-state index >= 15 is 0 Å². The monoisotopic (exact) mass is 234 g/mol. The quantitative estimate of drug-likeness (QED) is 0.768. The zero-order valence-corrected chi connectivity index (χ0v) is 9.51. The summed E-state index contributed by atoms with van der Waals surface area (Å²) in [5.41, 5.74) is 13.2. The highest BCUT2D eigenvalue weighted by Gasteiger charge is 2.09. The van der Waals surface area contributed by atoms with Gasteiger partial charge >= 0.3 is 0 Å². The Morgan fingerprint density at radius 3 is 2.59 bits per heavy atom. The molecule has 6 nitrogen and oxygen atoms in total. The van der Waals surface area contributed by atoms with E-state index in [1.165, 1.54) is 0 Å². The van der Waals surface area contributed by atoms with E-state index in [9.17, 15) is 0 Å².